The fourth-order valence-electron chi connectivity index (χ4n) is 3.86. The Kier molecular flexibility index (Phi) is 4.78. The van der Waals surface area contributed by atoms with Crippen LogP contribution in [0.4, 0.5) is 10.2 Å². The Bertz CT molecular complexity index is 952. The molecular weight excluding hydrogens is 345 g/mol. The molecule has 0 bridgehead atoms. The molecule has 4 heterocycles. The molecule has 1 unspecified atom stereocenters. The number of hydrogen-bond acceptors (Lipinski definition) is 5. The van der Waals surface area contributed by atoms with Crippen molar-refractivity contribution in [2.24, 2.45) is 11.8 Å². The zero-order valence-electron chi connectivity index (χ0n) is 15.6. The molecule has 4 rings (SSSR count). The van der Waals surface area contributed by atoms with Crippen molar-refractivity contribution in [3.8, 4) is 11.4 Å². The maximum atomic E-state index is 14.5. The van der Waals surface area contributed by atoms with Crippen molar-refractivity contribution in [3.63, 3.8) is 0 Å². The number of halogens is 1. The molecule has 0 aromatic carbocycles. The molecule has 146 valence electrons. The number of fused-ring (bicyclic) bond motifs is 1. The first-order chi connectivity index (χ1) is 13.0. The number of nitrogens with one attached hydrogen (secondary N) is 1. The number of piperidine rings is 1. The molecule has 0 saturated carbocycles. The second-order valence-corrected chi connectivity index (χ2v) is 7.56. The van der Waals surface area contributed by atoms with Crippen molar-refractivity contribution in [2.75, 3.05) is 18.0 Å². The molecule has 27 heavy (non-hydrogen) atoms. The largest absolute Gasteiger partial charge is 0.393 e. The van der Waals surface area contributed by atoms with E-state index in [0.29, 0.717) is 11.3 Å². The van der Waals surface area contributed by atoms with E-state index in [9.17, 15) is 9.50 Å². The fraction of sp³-hybridized carbons (Fsp3) is 0.450. The van der Waals surface area contributed by atoms with E-state index in [1.165, 1.54) is 6.07 Å². The summed E-state index contributed by atoms with van der Waals surface area (Å²) in [6.07, 6.45) is 3.30. The lowest BCUT2D eigenvalue weighted by atomic mass is 9.87. The Hall–Kier alpha value is -2.54. The van der Waals surface area contributed by atoms with Crippen LogP contribution < -0.4 is 4.90 Å². The molecule has 2 atom stereocenters. The predicted octanol–water partition coefficient (Wildman–Crippen LogP) is 3.88. The van der Waals surface area contributed by atoms with Crippen LogP contribution in [0, 0.1) is 17.7 Å². The zero-order chi connectivity index (χ0) is 19.0. The van der Waals surface area contributed by atoms with Crippen molar-refractivity contribution in [1.29, 1.82) is 0 Å². The predicted molar refractivity (Wildman–Crippen MR) is 107 cm³/mol. The van der Waals surface area contributed by atoms with Gasteiger partial charge in [-0.2, -0.15) is 5.10 Å². The summed E-state index contributed by atoms with van der Waals surface area (Å²) in [5.74, 6) is 0.740. The van der Waals surface area contributed by atoms with E-state index in [-0.39, 0.29) is 26.5 Å². The second kappa shape index (κ2) is 7.23. The van der Waals surface area contributed by atoms with E-state index in [2.05, 4.69) is 25.1 Å². The number of aromatic amines is 1. The lowest BCUT2D eigenvalue weighted by molar-refractivity contribution is 0.0570. The van der Waals surface area contributed by atoms with Crippen LogP contribution in [0.1, 0.15) is 29.5 Å². The molecular formula is C20H28FN5O. The van der Waals surface area contributed by atoms with Crippen molar-refractivity contribution in [2.45, 2.75) is 32.8 Å². The Morgan fingerprint density at radius 3 is 3.00 bits per heavy atom. The highest BCUT2D eigenvalue weighted by molar-refractivity contribution is 5.89. The summed E-state index contributed by atoms with van der Waals surface area (Å²) in [4.78, 5) is 10.9. The van der Waals surface area contributed by atoms with E-state index in [1.54, 1.807) is 18.3 Å². The first-order valence-corrected chi connectivity index (χ1v) is 9.43. The molecule has 0 aliphatic carbocycles. The molecule has 3 aromatic heterocycles. The molecule has 1 aliphatic rings. The topological polar surface area (TPSA) is 77.9 Å². The lowest BCUT2D eigenvalue weighted by Gasteiger charge is -2.37. The maximum Gasteiger partial charge on any atom is 0.181 e. The van der Waals surface area contributed by atoms with Crippen LogP contribution in [0.3, 0.4) is 0 Å². The van der Waals surface area contributed by atoms with E-state index in [4.69, 9.17) is 0 Å². The van der Waals surface area contributed by atoms with Gasteiger partial charge in [0.2, 0.25) is 0 Å². The van der Waals surface area contributed by atoms with E-state index >= 15 is 0 Å². The first-order valence-electron chi connectivity index (χ1n) is 9.43. The molecule has 1 saturated heterocycles. The summed E-state index contributed by atoms with van der Waals surface area (Å²) in [7, 11) is 0. The Morgan fingerprint density at radius 2 is 2.19 bits per heavy atom. The standard InChI is InChI=1S/C20H24FN5O.2H2/c1-12(2)19(27)13-5-4-10-26(11-13)16-8-7-15(21)18(23-16)17-14-6-3-9-22-20(14)25-24-17;;/h3,6-9,12-13,19,27H,4-5,10-11H2,1-2H3,(H,22,24,25);2*1H/t13-,19?;;/m1../s1. The Morgan fingerprint density at radius 1 is 1.33 bits per heavy atom. The highest BCUT2D eigenvalue weighted by Crippen LogP contribution is 2.30. The quantitative estimate of drug-likeness (QED) is 0.725. The van der Waals surface area contributed by atoms with E-state index in [1.807, 2.05) is 19.9 Å². The molecule has 6 nitrogen and oxygen atoms in total. The highest BCUT2D eigenvalue weighted by atomic mass is 19.1. The summed E-state index contributed by atoms with van der Waals surface area (Å²) in [5.41, 5.74) is 1.32. The van der Waals surface area contributed by atoms with Gasteiger partial charge < -0.3 is 10.0 Å². The number of aliphatic hydroxyl groups is 1. The van der Waals surface area contributed by atoms with Gasteiger partial charge in [0.25, 0.3) is 0 Å². The number of nitrogens with zero attached hydrogens (tertiary/aromatic N) is 4. The number of H-pyrrole nitrogens is 1. The molecule has 1 fully saturated rings. The first kappa shape index (κ1) is 17.9. The number of aliphatic hydroxyl groups excluding tert-OH is 1. The number of rotatable bonds is 4. The minimum absolute atomic E-state index is 0. The van der Waals surface area contributed by atoms with Gasteiger partial charge in [0.15, 0.2) is 11.5 Å². The molecule has 0 radical (unpaired) electrons. The van der Waals surface area contributed by atoms with Gasteiger partial charge >= 0.3 is 0 Å². The second-order valence-electron chi connectivity index (χ2n) is 7.56. The third-order valence-corrected chi connectivity index (χ3v) is 5.35. The van der Waals surface area contributed by atoms with Gasteiger partial charge in [0.05, 0.1) is 11.8 Å². The van der Waals surface area contributed by atoms with Crippen molar-refractivity contribution in [1.82, 2.24) is 20.2 Å². The Labute approximate surface area is 160 Å². The molecule has 7 heteroatoms. The minimum Gasteiger partial charge on any atom is -0.393 e. The monoisotopic (exact) mass is 373 g/mol. The van der Waals surface area contributed by atoms with Crippen LogP contribution in [-0.4, -0.2) is 44.5 Å². The van der Waals surface area contributed by atoms with Crippen LogP contribution in [0.5, 0.6) is 0 Å². The lowest BCUT2D eigenvalue weighted by Crippen LogP contribution is -2.42. The number of hydrogen-bond donors (Lipinski definition) is 2. The average molecular weight is 373 g/mol. The zero-order valence-corrected chi connectivity index (χ0v) is 15.6. The smallest absolute Gasteiger partial charge is 0.181 e. The van der Waals surface area contributed by atoms with E-state index < -0.39 is 5.82 Å². The van der Waals surface area contributed by atoms with Crippen molar-refractivity contribution < 1.29 is 12.4 Å². The van der Waals surface area contributed by atoms with Gasteiger partial charge in [0.1, 0.15) is 11.5 Å². The molecule has 0 amide bonds. The summed E-state index contributed by atoms with van der Waals surface area (Å²) in [6, 6.07) is 6.81. The van der Waals surface area contributed by atoms with Crippen LogP contribution in [0.15, 0.2) is 30.5 Å². The maximum absolute atomic E-state index is 14.5. The van der Waals surface area contributed by atoms with Gasteiger partial charge in [-0.05, 0) is 43.0 Å². The SMILES string of the molecule is CC(C)C(O)[C@@H]1CCCN(c2ccc(F)c(-c3[nH]nc4ncccc34)n2)C1.[HH].[HH]. The molecule has 0 spiro atoms. The normalized spacial score (nSPS) is 19.0. The Balaban J connectivity index is 0.00000150. The van der Waals surface area contributed by atoms with Gasteiger partial charge in [-0.1, -0.05) is 13.8 Å². The summed E-state index contributed by atoms with van der Waals surface area (Å²) in [6.45, 7) is 5.65. The van der Waals surface area contributed by atoms with Crippen LogP contribution in [0.2, 0.25) is 0 Å². The minimum atomic E-state index is -0.399. The fourth-order valence-corrected chi connectivity index (χ4v) is 3.86. The van der Waals surface area contributed by atoms with Gasteiger partial charge in [-0.3, -0.25) is 5.10 Å². The van der Waals surface area contributed by atoms with Gasteiger partial charge in [-0.15, -0.1) is 0 Å². The van der Waals surface area contributed by atoms with Gasteiger partial charge in [-0.25, -0.2) is 14.4 Å². The van der Waals surface area contributed by atoms with Crippen molar-refractivity contribution in [3.05, 3.63) is 36.3 Å². The molecule has 1 aliphatic heterocycles. The number of aromatic nitrogens is 4. The van der Waals surface area contributed by atoms with Gasteiger partial charge in [0, 0.05) is 33.4 Å². The number of anilines is 1. The summed E-state index contributed by atoms with van der Waals surface area (Å²) >= 11 is 0. The highest BCUT2D eigenvalue weighted by Gasteiger charge is 2.29. The van der Waals surface area contributed by atoms with Crippen LogP contribution in [0.25, 0.3) is 22.4 Å². The van der Waals surface area contributed by atoms with Crippen LogP contribution >= 0.6 is 0 Å². The van der Waals surface area contributed by atoms with Crippen LogP contribution in [-0.2, 0) is 0 Å². The number of pyridine rings is 2. The third kappa shape index (κ3) is 3.39. The van der Waals surface area contributed by atoms with E-state index in [0.717, 1.165) is 37.1 Å². The summed E-state index contributed by atoms with van der Waals surface area (Å²) in [5, 5.41) is 18.2. The van der Waals surface area contributed by atoms with Crippen molar-refractivity contribution >= 4 is 16.9 Å². The summed E-state index contributed by atoms with van der Waals surface area (Å²) < 4.78 is 14.5. The molecule has 2 N–H and O–H groups in total. The molecule has 3 aromatic rings. The third-order valence-electron chi connectivity index (χ3n) is 5.35. The average Bonchev–Trinajstić information content (AvgIpc) is 3.12.